The highest BCUT2D eigenvalue weighted by Crippen LogP contribution is 2.32. The molecule has 0 saturated carbocycles. The number of hydrogen-bond donors (Lipinski definition) is 2. The molecule has 0 spiro atoms. The third kappa shape index (κ3) is 5.60. The summed E-state index contributed by atoms with van der Waals surface area (Å²) >= 11 is 0. The van der Waals surface area contributed by atoms with Gasteiger partial charge in [-0.15, -0.1) is 12.4 Å². The number of benzene rings is 1. The lowest BCUT2D eigenvalue weighted by Crippen LogP contribution is -2.43. The van der Waals surface area contributed by atoms with Crippen molar-refractivity contribution in [2.45, 2.75) is 58.2 Å². The number of halogens is 3. The van der Waals surface area contributed by atoms with Crippen molar-refractivity contribution in [3.8, 4) is 5.75 Å². The van der Waals surface area contributed by atoms with E-state index >= 15 is 0 Å². The second-order valence-corrected chi connectivity index (χ2v) is 6.43. The Bertz CT molecular complexity index is 555. The van der Waals surface area contributed by atoms with Crippen molar-refractivity contribution in [3.63, 3.8) is 0 Å². The van der Waals surface area contributed by atoms with Crippen LogP contribution in [0.4, 0.5) is 8.78 Å². The SMILES string of the molecule is CC(C)C[C@H](N)C(=O)NC1CCCc2cc(OC(F)F)ccc21.Cl. The number of alkyl halides is 2. The summed E-state index contributed by atoms with van der Waals surface area (Å²) in [6, 6.07) is 4.26. The Balaban J connectivity index is 0.00000288. The van der Waals surface area contributed by atoms with Gasteiger partial charge in [0.2, 0.25) is 5.91 Å². The summed E-state index contributed by atoms with van der Waals surface area (Å²) in [6.07, 6.45) is 3.13. The molecule has 24 heavy (non-hydrogen) atoms. The maximum atomic E-state index is 12.3. The summed E-state index contributed by atoms with van der Waals surface area (Å²) in [7, 11) is 0. The number of aryl methyl sites for hydroxylation is 1. The van der Waals surface area contributed by atoms with Gasteiger partial charge in [-0.05, 0) is 54.9 Å². The Morgan fingerprint density at radius 1 is 1.42 bits per heavy atom. The van der Waals surface area contributed by atoms with Crippen LogP contribution in [0.3, 0.4) is 0 Å². The molecule has 3 N–H and O–H groups in total. The number of carbonyl (C=O) groups is 1. The second-order valence-electron chi connectivity index (χ2n) is 6.43. The first kappa shape index (κ1) is 20.6. The van der Waals surface area contributed by atoms with Crippen LogP contribution in [0.25, 0.3) is 0 Å². The van der Waals surface area contributed by atoms with Gasteiger partial charge < -0.3 is 15.8 Å². The van der Waals surface area contributed by atoms with Crippen molar-refractivity contribution in [2.24, 2.45) is 11.7 Å². The fourth-order valence-corrected chi connectivity index (χ4v) is 3.01. The standard InChI is InChI=1S/C17H24F2N2O2.ClH/c1-10(2)8-14(20)16(22)21-15-5-3-4-11-9-12(23-17(18)19)6-7-13(11)15;/h6-7,9-10,14-15,17H,3-5,8,20H2,1-2H3,(H,21,22);1H/t14-,15?;/m0./s1. The van der Waals surface area contributed by atoms with Crippen LogP contribution in [0.2, 0.25) is 0 Å². The molecule has 1 unspecified atom stereocenters. The molecule has 0 aliphatic heterocycles. The van der Waals surface area contributed by atoms with E-state index in [2.05, 4.69) is 10.1 Å². The maximum Gasteiger partial charge on any atom is 0.387 e. The molecule has 0 bridgehead atoms. The van der Waals surface area contributed by atoms with Gasteiger partial charge in [-0.1, -0.05) is 19.9 Å². The fourth-order valence-electron chi connectivity index (χ4n) is 3.01. The number of nitrogens with two attached hydrogens (primary N) is 1. The van der Waals surface area contributed by atoms with Crippen molar-refractivity contribution < 1.29 is 18.3 Å². The molecule has 1 aliphatic carbocycles. The van der Waals surface area contributed by atoms with Crippen LogP contribution in [0, 0.1) is 5.92 Å². The molecule has 7 heteroatoms. The predicted molar refractivity (Wildman–Crippen MR) is 91.6 cm³/mol. The normalized spacial score (nSPS) is 17.9. The number of ether oxygens (including phenoxy) is 1. The quantitative estimate of drug-likeness (QED) is 0.813. The molecule has 2 rings (SSSR count). The van der Waals surface area contributed by atoms with Crippen molar-refractivity contribution in [1.82, 2.24) is 5.32 Å². The monoisotopic (exact) mass is 362 g/mol. The van der Waals surface area contributed by atoms with E-state index in [-0.39, 0.29) is 30.1 Å². The van der Waals surface area contributed by atoms with Gasteiger partial charge in [-0.2, -0.15) is 8.78 Å². The molecular weight excluding hydrogens is 338 g/mol. The van der Waals surface area contributed by atoms with E-state index in [4.69, 9.17) is 5.73 Å². The van der Waals surface area contributed by atoms with Crippen LogP contribution < -0.4 is 15.8 Å². The first-order valence-corrected chi connectivity index (χ1v) is 8.00. The molecule has 0 radical (unpaired) electrons. The Morgan fingerprint density at radius 3 is 2.75 bits per heavy atom. The summed E-state index contributed by atoms with van der Waals surface area (Å²) in [6.45, 7) is 1.21. The molecule has 1 aromatic carbocycles. The zero-order valence-electron chi connectivity index (χ0n) is 13.9. The lowest BCUT2D eigenvalue weighted by Gasteiger charge is -2.28. The van der Waals surface area contributed by atoms with Crippen molar-refractivity contribution in [2.75, 3.05) is 0 Å². The number of nitrogens with one attached hydrogen (secondary N) is 1. The van der Waals surface area contributed by atoms with Crippen LogP contribution in [-0.2, 0) is 11.2 Å². The highest BCUT2D eigenvalue weighted by atomic mass is 35.5. The Kier molecular flexibility index (Phi) is 7.90. The topological polar surface area (TPSA) is 64.4 Å². The zero-order valence-corrected chi connectivity index (χ0v) is 14.7. The van der Waals surface area contributed by atoms with Gasteiger partial charge in [-0.3, -0.25) is 4.79 Å². The van der Waals surface area contributed by atoms with E-state index < -0.39 is 12.7 Å². The average molecular weight is 363 g/mol. The van der Waals surface area contributed by atoms with Gasteiger partial charge in [0.25, 0.3) is 0 Å². The summed E-state index contributed by atoms with van der Waals surface area (Å²) in [5, 5.41) is 2.99. The third-order valence-corrected chi connectivity index (χ3v) is 4.03. The van der Waals surface area contributed by atoms with Crippen molar-refractivity contribution in [3.05, 3.63) is 29.3 Å². The highest BCUT2D eigenvalue weighted by Gasteiger charge is 2.25. The predicted octanol–water partition coefficient (Wildman–Crippen LogP) is 3.58. The van der Waals surface area contributed by atoms with E-state index in [9.17, 15) is 13.6 Å². The number of rotatable bonds is 6. The van der Waals surface area contributed by atoms with E-state index in [1.807, 2.05) is 13.8 Å². The Labute approximate surface area is 147 Å². The maximum absolute atomic E-state index is 12.3. The molecule has 0 heterocycles. The molecule has 1 aromatic rings. The largest absolute Gasteiger partial charge is 0.435 e. The lowest BCUT2D eigenvalue weighted by molar-refractivity contribution is -0.123. The van der Waals surface area contributed by atoms with E-state index in [1.165, 1.54) is 6.07 Å². The molecule has 4 nitrogen and oxygen atoms in total. The average Bonchev–Trinajstić information content (AvgIpc) is 2.45. The molecule has 0 fully saturated rings. The van der Waals surface area contributed by atoms with Gasteiger partial charge in [0, 0.05) is 0 Å². The van der Waals surface area contributed by atoms with Crippen LogP contribution in [0.15, 0.2) is 18.2 Å². The smallest absolute Gasteiger partial charge is 0.387 e. The van der Waals surface area contributed by atoms with E-state index in [0.717, 1.165) is 30.4 Å². The minimum absolute atomic E-state index is 0. The number of fused-ring (bicyclic) bond motifs is 1. The second kappa shape index (κ2) is 9.18. The van der Waals surface area contributed by atoms with Crippen LogP contribution in [0.5, 0.6) is 5.75 Å². The van der Waals surface area contributed by atoms with E-state index in [0.29, 0.717) is 12.3 Å². The fraction of sp³-hybridized carbons (Fsp3) is 0.588. The van der Waals surface area contributed by atoms with Crippen LogP contribution >= 0.6 is 12.4 Å². The highest BCUT2D eigenvalue weighted by molar-refractivity contribution is 5.85. The Morgan fingerprint density at radius 2 is 2.12 bits per heavy atom. The molecule has 0 aromatic heterocycles. The summed E-state index contributed by atoms with van der Waals surface area (Å²) < 4.78 is 29.0. The summed E-state index contributed by atoms with van der Waals surface area (Å²) in [5.41, 5.74) is 7.82. The summed E-state index contributed by atoms with van der Waals surface area (Å²) in [4.78, 5) is 12.2. The molecule has 1 amide bonds. The van der Waals surface area contributed by atoms with Crippen LogP contribution in [-0.4, -0.2) is 18.6 Å². The molecule has 0 saturated heterocycles. The minimum atomic E-state index is -2.83. The van der Waals surface area contributed by atoms with Gasteiger partial charge >= 0.3 is 6.61 Å². The Hall–Kier alpha value is -1.40. The first-order valence-electron chi connectivity index (χ1n) is 8.00. The minimum Gasteiger partial charge on any atom is -0.435 e. The molecule has 1 aliphatic rings. The van der Waals surface area contributed by atoms with Gasteiger partial charge in [0.15, 0.2) is 0 Å². The zero-order chi connectivity index (χ0) is 17.0. The number of carbonyl (C=O) groups excluding carboxylic acids is 1. The summed E-state index contributed by atoms with van der Waals surface area (Å²) in [5.74, 6) is 0.343. The lowest BCUT2D eigenvalue weighted by atomic mass is 9.87. The van der Waals surface area contributed by atoms with Crippen LogP contribution in [0.1, 0.15) is 50.3 Å². The van der Waals surface area contributed by atoms with E-state index in [1.54, 1.807) is 12.1 Å². The number of hydrogen-bond acceptors (Lipinski definition) is 3. The first-order chi connectivity index (χ1) is 10.9. The molecule has 136 valence electrons. The van der Waals surface area contributed by atoms with Crippen molar-refractivity contribution >= 4 is 18.3 Å². The van der Waals surface area contributed by atoms with Gasteiger partial charge in [0.1, 0.15) is 5.75 Å². The van der Waals surface area contributed by atoms with Gasteiger partial charge in [-0.25, -0.2) is 0 Å². The van der Waals surface area contributed by atoms with Gasteiger partial charge in [0.05, 0.1) is 12.1 Å². The van der Waals surface area contributed by atoms with Crippen molar-refractivity contribution in [1.29, 1.82) is 0 Å². The molecular formula is C17H25ClF2N2O2. The third-order valence-electron chi connectivity index (χ3n) is 4.03. The molecule has 2 atom stereocenters. The number of amides is 1.